The lowest BCUT2D eigenvalue weighted by atomic mass is 10.2. The first-order valence-electron chi connectivity index (χ1n) is 6.73. The zero-order chi connectivity index (χ0) is 13.7. The molecule has 5 nitrogen and oxygen atoms in total. The van der Waals surface area contributed by atoms with Crippen molar-refractivity contribution in [3.63, 3.8) is 0 Å². The molecular formula is C14H21N3O2. The number of anilines is 1. The molecule has 2 heterocycles. The van der Waals surface area contributed by atoms with Gasteiger partial charge >= 0.3 is 5.97 Å². The van der Waals surface area contributed by atoms with E-state index in [2.05, 4.69) is 26.9 Å². The SMILES string of the molecule is COC(=O)c1cc(NCC(C)N2CCCC2)ccn1. The third-order valence-electron chi connectivity index (χ3n) is 3.52. The number of nitrogens with one attached hydrogen (secondary N) is 1. The number of carbonyl (C=O) groups excluding carboxylic acids is 1. The fourth-order valence-electron chi connectivity index (χ4n) is 2.33. The smallest absolute Gasteiger partial charge is 0.356 e. The van der Waals surface area contributed by atoms with Gasteiger partial charge in [0.05, 0.1) is 7.11 Å². The topological polar surface area (TPSA) is 54.5 Å². The van der Waals surface area contributed by atoms with Gasteiger partial charge in [-0.15, -0.1) is 0 Å². The Morgan fingerprint density at radius 1 is 1.53 bits per heavy atom. The first-order chi connectivity index (χ1) is 9.20. The number of methoxy groups -OCH3 is 1. The van der Waals surface area contributed by atoms with Gasteiger partial charge in [-0.1, -0.05) is 0 Å². The van der Waals surface area contributed by atoms with Crippen LogP contribution in [0.1, 0.15) is 30.3 Å². The van der Waals surface area contributed by atoms with Crippen molar-refractivity contribution in [2.24, 2.45) is 0 Å². The molecule has 1 aliphatic heterocycles. The van der Waals surface area contributed by atoms with Crippen molar-refractivity contribution >= 4 is 11.7 Å². The Morgan fingerprint density at radius 2 is 2.26 bits per heavy atom. The number of esters is 1. The molecule has 0 aliphatic carbocycles. The molecule has 0 aromatic carbocycles. The van der Waals surface area contributed by atoms with Crippen LogP contribution in [0, 0.1) is 0 Å². The highest BCUT2D eigenvalue weighted by molar-refractivity contribution is 5.88. The van der Waals surface area contributed by atoms with Gasteiger partial charge in [0.1, 0.15) is 5.69 Å². The molecule has 1 aromatic heterocycles. The van der Waals surface area contributed by atoms with Crippen LogP contribution in [0.15, 0.2) is 18.3 Å². The zero-order valence-electron chi connectivity index (χ0n) is 11.6. The van der Waals surface area contributed by atoms with Crippen molar-refractivity contribution in [1.29, 1.82) is 0 Å². The largest absolute Gasteiger partial charge is 0.464 e. The highest BCUT2D eigenvalue weighted by atomic mass is 16.5. The van der Waals surface area contributed by atoms with Crippen LogP contribution in [0.3, 0.4) is 0 Å². The van der Waals surface area contributed by atoms with Crippen LogP contribution in [0.2, 0.25) is 0 Å². The zero-order valence-corrected chi connectivity index (χ0v) is 11.6. The van der Waals surface area contributed by atoms with Crippen LogP contribution in [0.25, 0.3) is 0 Å². The van der Waals surface area contributed by atoms with Crippen LogP contribution in [-0.4, -0.2) is 48.6 Å². The van der Waals surface area contributed by atoms with Crippen LogP contribution in [0.5, 0.6) is 0 Å². The molecule has 2 rings (SSSR count). The summed E-state index contributed by atoms with van der Waals surface area (Å²) < 4.78 is 4.66. The average Bonchev–Trinajstić information content (AvgIpc) is 2.98. The van der Waals surface area contributed by atoms with E-state index in [9.17, 15) is 4.79 Å². The Morgan fingerprint density at radius 3 is 2.95 bits per heavy atom. The molecule has 0 amide bonds. The van der Waals surface area contributed by atoms with Crippen LogP contribution >= 0.6 is 0 Å². The summed E-state index contributed by atoms with van der Waals surface area (Å²) in [4.78, 5) is 17.9. The van der Waals surface area contributed by atoms with E-state index in [1.807, 2.05) is 6.07 Å². The molecule has 1 N–H and O–H groups in total. The minimum atomic E-state index is -0.406. The second kappa shape index (κ2) is 6.52. The summed E-state index contributed by atoms with van der Waals surface area (Å²) in [6.07, 6.45) is 4.22. The van der Waals surface area contributed by atoms with Gasteiger partial charge in [0, 0.05) is 24.5 Å². The lowest BCUT2D eigenvalue weighted by Gasteiger charge is -2.24. The monoisotopic (exact) mass is 263 g/mol. The van der Waals surface area contributed by atoms with Gasteiger partial charge in [-0.2, -0.15) is 0 Å². The lowest BCUT2D eigenvalue weighted by molar-refractivity contribution is 0.0594. The molecule has 0 saturated carbocycles. The number of pyridine rings is 1. The van der Waals surface area contributed by atoms with E-state index in [4.69, 9.17) is 0 Å². The van der Waals surface area contributed by atoms with E-state index in [-0.39, 0.29) is 0 Å². The standard InChI is InChI=1S/C14H21N3O2/c1-11(17-7-3-4-8-17)10-16-12-5-6-15-13(9-12)14(18)19-2/h5-6,9,11H,3-4,7-8,10H2,1-2H3,(H,15,16). The molecule has 1 aliphatic rings. The van der Waals surface area contributed by atoms with Gasteiger partial charge in [-0.05, 0) is 45.0 Å². The van der Waals surface area contributed by atoms with Crippen LogP contribution in [-0.2, 0) is 4.74 Å². The number of hydrogen-bond acceptors (Lipinski definition) is 5. The van der Waals surface area contributed by atoms with E-state index in [0.29, 0.717) is 11.7 Å². The molecule has 0 spiro atoms. The molecule has 0 radical (unpaired) electrons. The van der Waals surface area contributed by atoms with Crippen molar-refractivity contribution in [3.05, 3.63) is 24.0 Å². The van der Waals surface area contributed by atoms with Crippen molar-refractivity contribution < 1.29 is 9.53 Å². The number of likely N-dealkylation sites (tertiary alicyclic amines) is 1. The van der Waals surface area contributed by atoms with Gasteiger partial charge in [0.15, 0.2) is 0 Å². The third-order valence-corrected chi connectivity index (χ3v) is 3.52. The summed E-state index contributed by atoms with van der Waals surface area (Å²) in [5.41, 5.74) is 1.24. The normalized spacial score (nSPS) is 17.2. The molecule has 19 heavy (non-hydrogen) atoms. The number of ether oxygens (including phenoxy) is 1. The summed E-state index contributed by atoms with van der Waals surface area (Å²) >= 11 is 0. The van der Waals surface area contributed by atoms with Crippen molar-refractivity contribution in [1.82, 2.24) is 9.88 Å². The maximum atomic E-state index is 11.4. The summed E-state index contributed by atoms with van der Waals surface area (Å²) in [5.74, 6) is -0.406. The predicted molar refractivity (Wildman–Crippen MR) is 74.3 cm³/mol. The minimum absolute atomic E-state index is 0.335. The second-order valence-corrected chi connectivity index (χ2v) is 4.89. The van der Waals surface area contributed by atoms with E-state index in [0.717, 1.165) is 12.2 Å². The third kappa shape index (κ3) is 3.67. The highest BCUT2D eigenvalue weighted by Gasteiger charge is 2.17. The number of rotatable bonds is 5. The second-order valence-electron chi connectivity index (χ2n) is 4.89. The Balaban J connectivity index is 1.90. The Bertz CT molecular complexity index is 430. The Hall–Kier alpha value is -1.62. The van der Waals surface area contributed by atoms with Crippen LogP contribution in [0.4, 0.5) is 5.69 Å². The van der Waals surface area contributed by atoms with Crippen molar-refractivity contribution in [2.45, 2.75) is 25.8 Å². The molecule has 1 saturated heterocycles. The maximum absolute atomic E-state index is 11.4. The molecule has 1 fully saturated rings. The quantitative estimate of drug-likeness (QED) is 0.820. The first kappa shape index (κ1) is 13.8. The molecular weight excluding hydrogens is 242 g/mol. The Labute approximate surface area is 114 Å². The first-order valence-corrected chi connectivity index (χ1v) is 6.73. The van der Waals surface area contributed by atoms with E-state index < -0.39 is 5.97 Å². The van der Waals surface area contributed by atoms with E-state index >= 15 is 0 Å². The van der Waals surface area contributed by atoms with Gasteiger partial charge < -0.3 is 10.1 Å². The summed E-state index contributed by atoms with van der Waals surface area (Å²) in [6.45, 7) is 5.46. The van der Waals surface area contributed by atoms with Crippen LogP contribution < -0.4 is 5.32 Å². The molecule has 1 aromatic rings. The van der Waals surface area contributed by atoms with Gasteiger partial charge in [0.2, 0.25) is 0 Å². The highest BCUT2D eigenvalue weighted by Crippen LogP contribution is 2.13. The Kier molecular flexibility index (Phi) is 4.74. The summed E-state index contributed by atoms with van der Waals surface area (Å²) in [6, 6.07) is 4.09. The summed E-state index contributed by atoms with van der Waals surface area (Å²) in [5, 5.41) is 3.35. The minimum Gasteiger partial charge on any atom is -0.464 e. The average molecular weight is 263 g/mol. The van der Waals surface area contributed by atoms with Crippen molar-refractivity contribution in [2.75, 3.05) is 32.1 Å². The predicted octanol–water partition coefficient (Wildman–Crippen LogP) is 1.76. The van der Waals surface area contributed by atoms with Gasteiger partial charge in [0.25, 0.3) is 0 Å². The molecule has 0 bridgehead atoms. The number of carbonyl (C=O) groups is 1. The fraction of sp³-hybridized carbons (Fsp3) is 0.571. The summed E-state index contributed by atoms with van der Waals surface area (Å²) in [7, 11) is 1.36. The van der Waals surface area contributed by atoms with Gasteiger partial charge in [-0.25, -0.2) is 9.78 Å². The van der Waals surface area contributed by atoms with E-state index in [1.165, 1.54) is 33.0 Å². The van der Waals surface area contributed by atoms with Gasteiger partial charge in [-0.3, -0.25) is 4.90 Å². The fourth-order valence-corrected chi connectivity index (χ4v) is 2.33. The molecule has 1 unspecified atom stereocenters. The number of nitrogens with zero attached hydrogens (tertiary/aromatic N) is 2. The molecule has 1 atom stereocenters. The maximum Gasteiger partial charge on any atom is 0.356 e. The molecule has 104 valence electrons. The van der Waals surface area contributed by atoms with Crippen molar-refractivity contribution in [3.8, 4) is 0 Å². The molecule has 5 heteroatoms. The lowest BCUT2D eigenvalue weighted by Crippen LogP contribution is -2.35. The van der Waals surface area contributed by atoms with E-state index in [1.54, 1.807) is 12.3 Å². The number of hydrogen-bond donors (Lipinski definition) is 1. The number of aromatic nitrogens is 1.